The Morgan fingerprint density at radius 1 is 0.857 bits per heavy atom. The average Bonchev–Trinajstić information content (AvgIpc) is 2.48. The van der Waals surface area contributed by atoms with Crippen LogP contribution in [0.25, 0.3) is 10.8 Å². The highest BCUT2D eigenvalue weighted by Gasteiger charge is 2.11. The normalized spacial score (nSPS) is 10.8. The van der Waals surface area contributed by atoms with Crippen LogP contribution in [-0.2, 0) is 6.42 Å². The van der Waals surface area contributed by atoms with Gasteiger partial charge >= 0.3 is 0 Å². The van der Waals surface area contributed by atoms with E-state index < -0.39 is 0 Å². The molecule has 0 aliphatic rings. The van der Waals surface area contributed by atoms with Crippen LogP contribution in [0, 0.1) is 13.8 Å². The molecule has 0 aliphatic carbocycles. The minimum atomic E-state index is 0.178. The van der Waals surface area contributed by atoms with Gasteiger partial charge in [0, 0.05) is 12.0 Å². The Morgan fingerprint density at radius 2 is 1.62 bits per heavy atom. The summed E-state index contributed by atoms with van der Waals surface area (Å²) in [6.45, 7) is 4.13. The van der Waals surface area contributed by atoms with Gasteiger partial charge in [-0.3, -0.25) is 4.79 Å². The van der Waals surface area contributed by atoms with E-state index in [1.807, 2.05) is 42.5 Å². The monoisotopic (exact) mass is 274 g/mol. The summed E-state index contributed by atoms with van der Waals surface area (Å²) in [6.07, 6.45) is 0.453. The van der Waals surface area contributed by atoms with Crippen LogP contribution in [0.2, 0.25) is 0 Å². The van der Waals surface area contributed by atoms with Crippen LogP contribution in [0.1, 0.15) is 27.0 Å². The Labute approximate surface area is 125 Å². The summed E-state index contributed by atoms with van der Waals surface area (Å²) in [5.41, 5.74) is 4.29. The summed E-state index contributed by atoms with van der Waals surface area (Å²) >= 11 is 0. The molecule has 0 saturated heterocycles. The van der Waals surface area contributed by atoms with Crippen LogP contribution in [-0.4, -0.2) is 5.78 Å². The fraction of sp³-hybridized carbons (Fsp3) is 0.150. The summed E-state index contributed by atoms with van der Waals surface area (Å²) in [5.74, 6) is 0.178. The summed E-state index contributed by atoms with van der Waals surface area (Å²) < 4.78 is 0. The quantitative estimate of drug-likeness (QED) is 0.622. The lowest BCUT2D eigenvalue weighted by molar-refractivity contribution is 0.0994. The molecule has 3 aromatic rings. The number of hydrogen-bond donors (Lipinski definition) is 0. The van der Waals surface area contributed by atoms with Crippen molar-refractivity contribution in [3.8, 4) is 0 Å². The Balaban J connectivity index is 2.01. The predicted molar refractivity (Wildman–Crippen MR) is 87.9 cm³/mol. The van der Waals surface area contributed by atoms with Gasteiger partial charge in [0.05, 0.1) is 0 Å². The Morgan fingerprint density at radius 3 is 2.38 bits per heavy atom. The number of ketones is 1. The van der Waals surface area contributed by atoms with E-state index in [2.05, 4.69) is 32.0 Å². The van der Waals surface area contributed by atoms with E-state index in [9.17, 15) is 4.79 Å². The van der Waals surface area contributed by atoms with E-state index in [0.717, 1.165) is 21.9 Å². The number of carbonyl (C=O) groups is 1. The van der Waals surface area contributed by atoms with Gasteiger partial charge in [0.25, 0.3) is 0 Å². The maximum atomic E-state index is 12.7. The third-order valence-electron chi connectivity index (χ3n) is 3.89. The molecule has 3 aromatic carbocycles. The number of aryl methyl sites for hydroxylation is 2. The van der Waals surface area contributed by atoms with Gasteiger partial charge in [-0.15, -0.1) is 0 Å². The zero-order chi connectivity index (χ0) is 14.8. The highest BCUT2D eigenvalue weighted by atomic mass is 16.1. The zero-order valence-electron chi connectivity index (χ0n) is 12.4. The molecule has 0 aromatic heterocycles. The van der Waals surface area contributed by atoms with Gasteiger partial charge < -0.3 is 0 Å². The molecule has 0 heterocycles. The second kappa shape index (κ2) is 5.53. The number of benzene rings is 3. The van der Waals surface area contributed by atoms with Crippen molar-refractivity contribution in [2.45, 2.75) is 20.3 Å². The molecule has 0 unspecified atom stereocenters. The van der Waals surface area contributed by atoms with E-state index >= 15 is 0 Å². The maximum absolute atomic E-state index is 12.7. The first-order valence-electron chi connectivity index (χ1n) is 7.22. The topological polar surface area (TPSA) is 17.1 Å². The molecule has 0 saturated carbocycles. The van der Waals surface area contributed by atoms with E-state index in [4.69, 9.17) is 0 Å². The van der Waals surface area contributed by atoms with Crippen LogP contribution in [0.5, 0.6) is 0 Å². The van der Waals surface area contributed by atoms with Gasteiger partial charge in [0.2, 0.25) is 0 Å². The average molecular weight is 274 g/mol. The highest BCUT2D eigenvalue weighted by Crippen LogP contribution is 2.23. The van der Waals surface area contributed by atoms with Crippen molar-refractivity contribution >= 4 is 16.6 Å². The zero-order valence-corrected chi connectivity index (χ0v) is 12.4. The summed E-state index contributed by atoms with van der Waals surface area (Å²) in [4.78, 5) is 12.7. The Hall–Kier alpha value is -2.41. The minimum Gasteiger partial charge on any atom is -0.294 e. The number of Topliss-reactive ketones (excluding diaryl/α,β-unsaturated/α-hetero) is 1. The lowest BCUT2D eigenvalue weighted by atomic mass is 9.95. The van der Waals surface area contributed by atoms with E-state index in [-0.39, 0.29) is 5.78 Å². The molecule has 0 bridgehead atoms. The molecular weight excluding hydrogens is 256 g/mol. The SMILES string of the molecule is Cc1cccc(CC(=O)c2ccc(C)c3ccccc23)c1. The molecule has 3 rings (SSSR count). The number of hydrogen-bond acceptors (Lipinski definition) is 1. The third-order valence-corrected chi connectivity index (χ3v) is 3.89. The van der Waals surface area contributed by atoms with Gasteiger partial charge in [0.1, 0.15) is 0 Å². The van der Waals surface area contributed by atoms with Crippen LogP contribution < -0.4 is 0 Å². The van der Waals surface area contributed by atoms with Crippen LogP contribution in [0.3, 0.4) is 0 Å². The Kier molecular flexibility index (Phi) is 3.57. The number of rotatable bonds is 3. The lowest BCUT2D eigenvalue weighted by Gasteiger charge is -2.08. The third kappa shape index (κ3) is 2.73. The van der Waals surface area contributed by atoms with Crippen molar-refractivity contribution in [1.82, 2.24) is 0 Å². The standard InChI is InChI=1S/C20H18O/c1-14-6-5-7-16(12-14)13-20(21)19-11-10-15(2)17-8-3-4-9-18(17)19/h3-12H,13H2,1-2H3. The molecule has 1 heteroatoms. The highest BCUT2D eigenvalue weighted by molar-refractivity contribution is 6.09. The molecule has 1 nitrogen and oxygen atoms in total. The molecule has 0 N–H and O–H groups in total. The molecule has 0 radical (unpaired) electrons. The van der Waals surface area contributed by atoms with Gasteiger partial charge in [-0.25, -0.2) is 0 Å². The Bertz CT molecular complexity index is 815. The first-order chi connectivity index (χ1) is 10.1. The van der Waals surface area contributed by atoms with Crippen molar-refractivity contribution in [1.29, 1.82) is 0 Å². The molecule has 0 aliphatic heterocycles. The summed E-state index contributed by atoms with van der Waals surface area (Å²) in [6, 6.07) is 20.3. The second-order valence-corrected chi connectivity index (χ2v) is 5.56. The minimum absolute atomic E-state index is 0.178. The van der Waals surface area contributed by atoms with Crippen LogP contribution in [0.4, 0.5) is 0 Å². The molecule has 0 spiro atoms. The maximum Gasteiger partial charge on any atom is 0.167 e. The van der Waals surface area contributed by atoms with Crippen molar-refractivity contribution in [2.75, 3.05) is 0 Å². The van der Waals surface area contributed by atoms with E-state index in [1.165, 1.54) is 11.1 Å². The van der Waals surface area contributed by atoms with Crippen molar-refractivity contribution in [2.24, 2.45) is 0 Å². The largest absolute Gasteiger partial charge is 0.294 e. The summed E-state index contributed by atoms with van der Waals surface area (Å²) in [5, 5.41) is 2.21. The fourth-order valence-electron chi connectivity index (χ4n) is 2.80. The van der Waals surface area contributed by atoms with Crippen LogP contribution in [0.15, 0.2) is 60.7 Å². The molecule has 0 fully saturated rings. The van der Waals surface area contributed by atoms with Gasteiger partial charge in [-0.2, -0.15) is 0 Å². The first-order valence-corrected chi connectivity index (χ1v) is 7.22. The smallest absolute Gasteiger partial charge is 0.167 e. The molecule has 104 valence electrons. The van der Waals surface area contributed by atoms with Crippen molar-refractivity contribution in [3.05, 3.63) is 82.9 Å². The van der Waals surface area contributed by atoms with Crippen molar-refractivity contribution in [3.63, 3.8) is 0 Å². The fourth-order valence-corrected chi connectivity index (χ4v) is 2.80. The molecular formula is C20H18O. The lowest BCUT2D eigenvalue weighted by Crippen LogP contribution is -2.05. The number of carbonyl (C=O) groups excluding carboxylic acids is 1. The molecule has 0 atom stereocenters. The van der Waals surface area contributed by atoms with Gasteiger partial charge in [-0.05, 0) is 35.7 Å². The summed E-state index contributed by atoms with van der Waals surface area (Å²) in [7, 11) is 0. The van der Waals surface area contributed by atoms with Crippen LogP contribution >= 0.6 is 0 Å². The number of fused-ring (bicyclic) bond motifs is 1. The molecule has 21 heavy (non-hydrogen) atoms. The first kappa shape index (κ1) is 13.6. The van der Waals surface area contributed by atoms with E-state index in [0.29, 0.717) is 6.42 Å². The predicted octanol–water partition coefficient (Wildman–Crippen LogP) is 4.88. The van der Waals surface area contributed by atoms with Crippen molar-refractivity contribution < 1.29 is 4.79 Å². The van der Waals surface area contributed by atoms with Gasteiger partial charge in [-0.1, -0.05) is 66.2 Å². The van der Waals surface area contributed by atoms with Gasteiger partial charge in [0.15, 0.2) is 5.78 Å². The van der Waals surface area contributed by atoms with E-state index in [1.54, 1.807) is 0 Å². The second-order valence-electron chi connectivity index (χ2n) is 5.56. The molecule has 0 amide bonds.